The molecule has 0 spiro atoms. The molecule has 0 fully saturated rings. The minimum Gasteiger partial charge on any atom is -0.385 e. The van der Waals surface area contributed by atoms with Crippen molar-refractivity contribution in [1.82, 2.24) is 4.90 Å². The molecule has 0 heterocycles. The Morgan fingerprint density at radius 1 is 1.31 bits per heavy atom. The summed E-state index contributed by atoms with van der Waals surface area (Å²) in [5.41, 5.74) is 0.389. The molecule has 0 N–H and O–H groups in total. The summed E-state index contributed by atoms with van der Waals surface area (Å²) < 4.78 is 31.2. The van der Waals surface area contributed by atoms with Crippen LogP contribution in [-0.2, 0) is 11.3 Å². The van der Waals surface area contributed by atoms with E-state index < -0.39 is 11.6 Å². The lowest BCUT2D eigenvalue weighted by atomic mass is 10.2. The number of methoxy groups -OCH3 is 1. The van der Waals surface area contributed by atoms with Crippen molar-refractivity contribution in [2.75, 3.05) is 27.3 Å². The number of ether oxygens (including phenoxy) is 1. The molecule has 0 atom stereocenters. The van der Waals surface area contributed by atoms with Gasteiger partial charge in [0.25, 0.3) is 0 Å². The second-order valence-electron chi connectivity index (χ2n) is 3.80. The first-order valence-corrected chi connectivity index (χ1v) is 5.25. The van der Waals surface area contributed by atoms with Crippen LogP contribution in [0.2, 0.25) is 0 Å². The predicted octanol–water partition coefficient (Wildman–Crippen LogP) is 2.43. The van der Waals surface area contributed by atoms with Gasteiger partial charge in [0.05, 0.1) is 0 Å². The quantitative estimate of drug-likeness (QED) is 0.695. The van der Waals surface area contributed by atoms with Crippen LogP contribution in [0.15, 0.2) is 18.2 Å². The standard InChI is InChI=1S/C12H17F2NO/c1-15(7-4-8-16-2)9-10-5-3-6-11(13)12(10)14/h3,5-6H,4,7-9H2,1-2H3. The van der Waals surface area contributed by atoms with E-state index >= 15 is 0 Å². The van der Waals surface area contributed by atoms with E-state index in [1.54, 1.807) is 13.2 Å². The summed E-state index contributed by atoms with van der Waals surface area (Å²) in [4.78, 5) is 1.94. The molecule has 0 aliphatic heterocycles. The van der Waals surface area contributed by atoms with Gasteiger partial charge in [-0.05, 0) is 19.5 Å². The van der Waals surface area contributed by atoms with Crippen LogP contribution in [0.25, 0.3) is 0 Å². The summed E-state index contributed by atoms with van der Waals surface area (Å²) in [6.07, 6.45) is 0.879. The van der Waals surface area contributed by atoms with Crippen LogP contribution in [-0.4, -0.2) is 32.2 Å². The van der Waals surface area contributed by atoms with Gasteiger partial charge in [-0.25, -0.2) is 8.78 Å². The highest BCUT2D eigenvalue weighted by molar-refractivity contribution is 5.18. The molecule has 90 valence electrons. The zero-order valence-electron chi connectivity index (χ0n) is 9.67. The van der Waals surface area contributed by atoms with E-state index in [4.69, 9.17) is 4.74 Å². The van der Waals surface area contributed by atoms with Crippen LogP contribution in [0.4, 0.5) is 8.78 Å². The fourth-order valence-corrected chi connectivity index (χ4v) is 1.52. The first kappa shape index (κ1) is 13.1. The number of halogens is 2. The largest absolute Gasteiger partial charge is 0.385 e. The second kappa shape index (κ2) is 6.55. The monoisotopic (exact) mass is 229 g/mol. The van der Waals surface area contributed by atoms with E-state index in [9.17, 15) is 8.78 Å². The maximum Gasteiger partial charge on any atom is 0.163 e. The topological polar surface area (TPSA) is 12.5 Å². The van der Waals surface area contributed by atoms with Gasteiger partial charge in [0.2, 0.25) is 0 Å². The highest BCUT2D eigenvalue weighted by Crippen LogP contribution is 2.13. The van der Waals surface area contributed by atoms with Crippen molar-refractivity contribution in [1.29, 1.82) is 0 Å². The first-order chi connectivity index (χ1) is 7.65. The summed E-state index contributed by atoms with van der Waals surface area (Å²) in [7, 11) is 3.52. The van der Waals surface area contributed by atoms with Crippen molar-refractivity contribution < 1.29 is 13.5 Å². The number of nitrogens with zero attached hydrogens (tertiary/aromatic N) is 1. The lowest BCUT2D eigenvalue weighted by molar-refractivity contribution is 0.177. The third-order valence-electron chi connectivity index (χ3n) is 2.36. The summed E-state index contributed by atoms with van der Waals surface area (Å²) in [6.45, 7) is 1.88. The molecule has 0 saturated heterocycles. The van der Waals surface area contributed by atoms with Crippen LogP contribution < -0.4 is 0 Å². The zero-order valence-corrected chi connectivity index (χ0v) is 9.67. The van der Waals surface area contributed by atoms with Gasteiger partial charge in [-0.1, -0.05) is 12.1 Å². The normalized spacial score (nSPS) is 11.1. The molecule has 2 nitrogen and oxygen atoms in total. The molecule has 1 rings (SSSR count). The van der Waals surface area contributed by atoms with Crippen LogP contribution in [0, 0.1) is 11.6 Å². The van der Waals surface area contributed by atoms with Crippen molar-refractivity contribution in [3.05, 3.63) is 35.4 Å². The van der Waals surface area contributed by atoms with Gasteiger partial charge in [0.15, 0.2) is 11.6 Å². The van der Waals surface area contributed by atoms with Crippen molar-refractivity contribution in [2.45, 2.75) is 13.0 Å². The fraction of sp³-hybridized carbons (Fsp3) is 0.500. The van der Waals surface area contributed by atoms with Crippen LogP contribution in [0.1, 0.15) is 12.0 Å². The molecular weight excluding hydrogens is 212 g/mol. The van der Waals surface area contributed by atoms with Crippen LogP contribution >= 0.6 is 0 Å². The lowest BCUT2D eigenvalue weighted by Gasteiger charge is -2.16. The average molecular weight is 229 g/mol. The van der Waals surface area contributed by atoms with Crippen molar-refractivity contribution in [3.63, 3.8) is 0 Å². The average Bonchev–Trinajstić information content (AvgIpc) is 2.25. The molecule has 0 bridgehead atoms. The Hall–Kier alpha value is -1.00. The molecule has 16 heavy (non-hydrogen) atoms. The molecule has 4 heteroatoms. The Morgan fingerprint density at radius 3 is 2.75 bits per heavy atom. The Bertz CT molecular complexity index is 331. The number of benzene rings is 1. The van der Waals surface area contributed by atoms with E-state index in [1.165, 1.54) is 6.07 Å². The van der Waals surface area contributed by atoms with E-state index in [1.807, 2.05) is 11.9 Å². The molecule has 0 radical (unpaired) electrons. The molecule has 1 aromatic carbocycles. The third-order valence-corrected chi connectivity index (χ3v) is 2.36. The van der Waals surface area contributed by atoms with E-state index in [0.717, 1.165) is 19.0 Å². The fourth-order valence-electron chi connectivity index (χ4n) is 1.52. The third kappa shape index (κ3) is 3.87. The molecular formula is C12H17F2NO. The van der Waals surface area contributed by atoms with Gasteiger partial charge < -0.3 is 9.64 Å². The zero-order chi connectivity index (χ0) is 12.0. The minimum atomic E-state index is -0.789. The van der Waals surface area contributed by atoms with Gasteiger partial charge >= 0.3 is 0 Å². The molecule has 0 aromatic heterocycles. The SMILES string of the molecule is COCCCN(C)Cc1cccc(F)c1F. The van der Waals surface area contributed by atoms with Crippen molar-refractivity contribution >= 4 is 0 Å². The van der Waals surface area contributed by atoms with Crippen LogP contribution in [0.3, 0.4) is 0 Å². The summed E-state index contributed by atoms with van der Waals surface area (Å²) >= 11 is 0. The van der Waals surface area contributed by atoms with Gasteiger partial charge in [-0.2, -0.15) is 0 Å². The number of hydrogen-bond donors (Lipinski definition) is 0. The van der Waals surface area contributed by atoms with Crippen molar-refractivity contribution in [2.24, 2.45) is 0 Å². The smallest absolute Gasteiger partial charge is 0.163 e. The van der Waals surface area contributed by atoms with E-state index in [2.05, 4.69) is 0 Å². The van der Waals surface area contributed by atoms with Gasteiger partial charge in [-0.3, -0.25) is 0 Å². The van der Waals surface area contributed by atoms with Crippen LogP contribution in [0.5, 0.6) is 0 Å². The number of hydrogen-bond acceptors (Lipinski definition) is 2. The Labute approximate surface area is 94.8 Å². The first-order valence-electron chi connectivity index (χ1n) is 5.25. The summed E-state index contributed by atoms with van der Waals surface area (Å²) in [5, 5.41) is 0. The number of rotatable bonds is 6. The molecule has 1 aromatic rings. The highest BCUT2D eigenvalue weighted by atomic mass is 19.2. The molecule has 0 saturated carbocycles. The van der Waals surface area contributed by atoms with Gasteiger partial charge in [-0.15, -0.1) is 0 Å². The Kier molecular flexibility index (Phi) is 5.35. The van der Waals surface area contributed by atoms with Crippen molar-refractivity contribution in [3.8, 4) is 0 Å². The predicted molar refractivity (Wildman–Crippen MR) is 59.2 cm³/mol. The highest BCUT2D eigenvalue weighted by Gasteiger charge is 2.09. The molecule has 0 aliphatic carbocycles. The Morgan fingerprint density at radius 2 is 2.06 bits per heavy atom. The molecule has 0 aliphatic rings. The van der Waals surface area contributed by atoms with Gasteiger partial charge in [0.1, 0.15) is 0 Å². The lowest BCUT2D eigenvalue weighted by Crippen LogP contribution is -2.21. The van der Waals surface area contributed by atoms with Gasteiger partial charge in [0, 0.05) is 32.4 Å². The van der Waals surface area contributed by atoms with E-state index in [0.29, 0.717) is 18.7 Å². The maximum absolute atomic E-state index is 13.3. The maximum atomic E-state index is 13.3. The van der Waals surface area contributed by atoms with E-state index in [-0.39, 0.29) is 0 Å². The minimum absolute atomic E-state index is 0.389. The Balaban J connectivity index is 2.49. The molecule has 0 amide bonds. The second-order valence-corrected chi connectivity index (χ2v) is 3.80. The molecule has 0 unspecified atom stereocenters. The summed E-state index contributed by atoms with van der Waals surface area (Å²) in [6, 6.07) is 4.26. The summed E-state index contributed by atoms with van der Waals surface area (Å²) in [5.74, 6) is -1.54.